The lowest BCUT2D eigenvalue weighted by Crippen LogP contribution is -1.85. The van der Waals surface area contributed by atoms with Gasteiger partial charge in [0.05, 0.1) is 5.02 Å². The van der Waals surface area contributed by atoms with Crippen molar-refractivity contribution in [1.82, 2.24) is 20.1 Å². The normalized spacial score (nSPS) is 10.9. The summed E-state index contributed by atoms with van der Waals surface area (Å²) in [5.41, 5.74) is 3.97. The molecule has 0 unspecified atom stereocenters. The summed E-state index contributed by atoms with van der Waals surface area (Å²) in [6.07, 6.45) is 8.62. The van der Waals surface area contributed by atoms with Crippen molar-refractivity contribution in [3.8, 4) is 35.3 Å². The highest BCUT2D eigenvalue weighted by Gasteiger charge is 2.18. The van der Waals surface area contributed by atoms with Crippen molar-refractivity contribution < 1.29 is 4.52 Å². The van der Waals surface area contributed by atoms with E-state index in [9.17, 15) is 0 Å². The lowest BCUT2D eigenvalue weighted by Gasteiger charge is -1.94. The van der Waals surface area contributed by atoms with E-state index >= 15 is 0 Å². The molecule has 0 aliphatic heterocycles. The van der Waals surface area contributed by atoms with Crippen LogP contribution in [0.25, 0.3) is 33.9 Å². The fraction of sp³-hybridized carbons (Fsp3) is 0.0556. The molecule has 5 nitrogen and oxygen atoms in total. The molecule has 0 aliphatic rings. The molecule has 4 rings (SSSR count). The zero-order valence-electron chi connectivity index (χ0n) is 12.7. The van der Waals surface area contributed by atoms with E-state index in [4.69, 9.17) is 22.5 Å². The number of terminal acetylenes is 1. The number of aromatic nitrogens is 4. The maximum absolute atomic E-state index is 6.47. The highest BCUT2D eigenvalue weighted by Crippen LogP contribution is 2.34. The van der Waals surface area contributed by atoms with E-state index in [2.05, 4.69) is 26.0 Å². The number of aryl methyl sites for hydroxylation is 1. The molecule has 0 aliphatic carbocycles. The Hall–Kier alpha value is -3.10. The average molecular weight is 335 g/mol. The zero-order valence-corrected chi connectivity index (χ0v) is 13.4. The molecule has 6 heteroatoms. The summed E-state index contributed by atoms with van der Waals surface area (Å²) in [5.74, 6) is 3.25. The average Bonchev–Trinajstić information content (AvgIpc) is 3.20. The van der Waals surface area contributed by atoms with Gasteiger partial charge in [0.25, 0.3) is 5.89 Å². The van der Waals surface area contributed by atoms with E-state index in [1.165, 1.54) is 0 Å². The summed E-state index contributed by atoms with van der Waals surface area (Å²) in [5, 5.41) is 5.47. The Morgan fingerprint density at radius 3 is 2.96 bits per heavy atom. The molecular weight excluding hydrogens is 324 g/mol. The topological polar surface area (TPSA) is 67.6 Å². The van der Waals surface area contributed by atoms with Crippen molar-refractivity contribution in [3.63, 3.8) is 0 Å². The number of hydrogen-bond acceptors (Lipinski definition) is 4. The number of hydrogen-bond donors (Lipinski definition) is 1. The number of nitrogens with zero attached hydrogens (tertiary/aromatic N) is 3. The second kappa shape index (κ2) is 5.52. The second-order valence-electron chi connectivity index (χ2n) is 5.39. The maximum Gasteiger partial charge on any atom is 0.276 e. The molecule has 0 saturated heterocycles. The number of aromatic amines is 1. The Morgan fingerprint density at radius 1 is 1.25 bits per heavy atom. The van der Waals surface area contributed by atoms with Gasteiger partial charge in [-0.05, 0) is 25.1 Å². The van der Waals surface area contributed by atoms with Crippen molar-refractivity contribution in [3.05, 3.63) is 52.8 Å². The van der Waals surface area contributed by atoms with Gasteiger partial charge in [-0.2, -0.15) is 4.98 Å². The maximum atomic E-state index is 6.47. The van der Waals surface area contributed by atoms with Crippen molar-refractivity contribution in [2.24, 2.45) is 0 Å². The fourth-order valence-corrected chi connectivity index (χ4v) is 2.79. The van der Waals surface area contributed by atoms with Crippen LogP contribution in [-0.2, 0) is 0 Å². The predicted molar refractivity (Wildman–Crippen MR) is 92.5 cm³/mol. The van der Waals surface area contributed by atoms with E-state index < -0.39 is 0 Å². The summed E-state index contributed by atoms with van der Waals surface area (Å²) in [6.45, 7) is 2.01. The summed E-state index contributed by atoms with van der Waals surface area (Å²) < 4.78 is 5.36. The second-order valence-corrected chi connectivity index (χ2v) is 5.77. The number of rotatable bonds is 2. The number of nitrogens with one attached hydrogen (secondary N) is 1. The molecular formula is C18H11ClN4O. The fourth-order valence-electron chi connectivity index (χ4n) is 2.50. The van der Waals surface area contributed by atoms with Crippen molar-refractivity contribution in [1.29, 1.82) is 0 Å². The van der Waals surface area contributed by atoms with Gasteiger partial charge in [0, 0.05) is 34.4 Å². The third kappa shape index (κ3) is 2.34. The molecule has 0 saturated carbocycles. The molecule has 1 N–H and O–H groups in total. The molecule has 3 heterocycles. The summed E-state index contributed by atoms with van der Waals surface area (Å²) in [6, 6.07) is 7.76. The largest absolute Gasteiger partial charge is 0.349 e. The molecule has 3 aromatic heterocycles. The quantitative estimate of drug-likeness (QED) is 0.557. The van der Waals surface area contributed by atoms with Crippen molar-refractivity contribution >= 4 is 22.5 Å². The molecule has 1 aromatic carbocycles. The first-order valence-electron chi connectivity index (χ1n) is 7.19. The van der Waals surface area contributed by atoms with Gasteiger partial charge < -0.3 is 9.51 Å². The zero-order chi connectivity index (χ0) is 16.7. The monoisotopic (exact) mass is 334 g/mol. The summed E-state index contributed by atoms with van der Waals surface area (Å²) in [7, 11) is 0. The molecule has 0 radical (unpaired) electrons. The van der Waals surface area contributed by atoms with Crippen LogP contribution in [0.2, 0.25) is 5.02 Å². The molecule has 4 aromatic rings. The Kier molecular flexibility index (Phi) is 3.33. The molecule has 0 bridgehead atoms. The smallest absolute Gasteiger partial charge is 0.276 e. The third-order valence-electron chi connectivity index (χ3n) is 3.69. The number of H-pyrrole nitrogens is 1. The van der Waals surface area contributed by atoms with Crippen LogP contribution in [0.5, 0.6) is 0 Å². The minimum Gasteiger partial charge on any atom is -0.349 e. The van der Waals surface area contributed by atoms with Gasteiger partial charge in [-0.25, -0.2) is 0 Å². The number of halogens is 1. The Bertz CT molecular complexity index is 1100. The number of benzene rings is 1. The van der Waals surface area contributed by atoms with Crippen molar-refractivity contribution in [2.75, 3.05) is 0 Å². The number of fused-ring (bicyclic) bond motifs is 1. The lowest BCUT2D eigenvalue weighted by molar-refractivity contribution is 0.431. The minimum absolute atomic E-state index is 0.315. The van der Waals surface area contributed by atoms with Gasteiger partial charge in [-0.15, -0.1) is 6.42 Å². The Balaban J connectivity index is 1.80. The first-order chi connectivity index (χ1) is 11.7. The van der Waals surface area contributed by atoms with E-state index in [0.29, 0.717) is 33.6 Å². The van der Waals surface area contributed by atoms with E-state index in [0.717, 1.165) is 16.5 Å². The molecule has 0 spiro atoms. The number of pyridine rings is 1. The molecule has 0 amide bonds. The van der Waals surface area contributed by atoms with Crippen molar-refractivity contribution in [2.45, 2.75) is 6.92 Å². The van der Waals surface area contributed by atoms with Gasteiger partial charge in [-0.3, -0.25) is 4.98 Å². The molecule has 116 valence electrons. The van der Waals surface area contributed by atoms with Gasteiger partial charge in [0.1, 0.15) is 5.69 Å². The van der Waals surface area contributed by atoms with E-state index in [-0.39, 0.29) is 0 Å². The van der Waals surface area contributed by atoms with Gasteiger partial charge in [-0.1, -0.05) is 34.3 Å². The highest BCUT2D eigenvalue weighted by molar-refractivity contribution is 6.38. The minimum atomic E-state index is 0.315. The van der Waals surface area contributed by atoms with Crippen LogP contribution in [0.1, 0.15) is 11.1 Å². The van der Waals surface area contributed by atoms with Crippen LogP contribution in [-0.4, -0.2) is 20.1 Å². The third-order valence-corrected chi connectivity index (χ3v) is 4.09. The van der Waals surface area contributed by atoms with E-state index in [1.54, 1.807) is 18.5 Å². The first-order valence-corrected chi connectivity index (χ1v) is 7.57. The lowest BCUT2D eigenvalue weighted by atomic mass is 10.2. The standard InChI is InChI=1S/C18H11ClN4O/c1-3-11-7-12(9-20-8-11)17-22-18(24-23-17)16-15(19)13-6-10(2)4-5-14(13)21-16/h1,4-9,21H,2H3. The van der Waals surface area contributed by atoms with Gasteiger partial charge >= 0.3 is 0 Å². The molecule has 0 atom stereocenters. The summed E-state index contributed by atoms with van der Waals surface area (Å²) in [4.78, 5) is 11.7. The van der Waals surface area contributed by atoms with Crippen LogP contribution in [0.15, 0.2) is 41.2 Å². The van der Waals surface area contributed by atoms with Crippen LogP contribution in [0, 0.1) is 19.3 Å². The van der Waals surface area contributed by atoms with Crippen LogP contribution in [0.4, 0.5) is 0 Å². The Morgan fingerprint density at radius 2 is 2.12 bits per heavy atom. The summed E-state index contributed by atoms with van der Waals surface area (Å²) >= 11 is 6.47. The molecule has 0 fully saturated rings. The van der Waals surface area contributed by atoms with Crippen LogP contribution in [0.3, 0.4) is 0 Å². The van der Waals surface area contributed by atoms with Crippen LogP contribution >= 0.6 is 11.6 Å². The van der Waals surface area contributed by atoms with E-state index in [1.807, 2.05) is 25.1 Å². The highest BCUT2D eigenvalue weighted by atomic mass is 35.5. The first kappa shape index (κ1) is 14.5. The van der Waals surface area contributed by atoms with Gasteiger partial charge in [0.15, 0.2) is 0 Å². The van der Waals surface area contributed by atoms with Crippen LogP contribution < -0.4 is 0 Å². The Labute approximate surface area is 142 Å². The molecule has 24 heavy (non-hydrogen) atoms. The predicted octanol–water partition coefficient (Wildman–Crippen LogP) is 4.22. The van der Waals surface area contributed by atoms with Gasteiger partial charge in [0.2, 0.25) is 5.82 Å². The SMILES string of the molecule is C#Cc1cncc(-c2noc(-c3[nH]c4ccc(C)cc4c3Cl)n2)c1.